The number of methoxy groups -OCH3 is 1. The highest BCUT2D eigenvalue weighted by Crippen LogP contribution is 2.27. The lowest BCUT2D eigenvalue weighted by atomic mass is 9.80. The normalized spacial score (nSPS) is 32.7. The summed E-state index contributed by atoms with van der Waals surface area (Å²) in [6.45, 7) is 0.625. The van der Waals surface area contributed by atoms with Crippen molar-refractivity contribution in [3.8, 4) is 0 Å². The standard InChI is InChI=1S/C15H22N4O5/c1-24-15(23)9-5-11(20)12(21)6-10(9)18-14(22)8-2-3-19-13(4-8)16-7-17-19/h7-12,20-21H,2-6H2,1H3,(H,18,22)/t8?,9-,10+,11-,12+/m1/s1. The number of nitrogens with one attached hydrogen (secondary N) is 1. The van der Waals surface area contributed by atoms with E-state index in [9.17, 15) is 19.8 Å². The average Bonchev–Trinajstić information content (AvgIpc) is 3.04. The molecule has 9 heteroatoms. The molecule has 3 N–H and O–H groups in total. The van der Waals surface area contributed by atoms with Crippen molar-refractivity contribution in [3.63, 3.8) is 0 Å². The highest BCUT2D eigenvalue weighted by Gasteiger charge is 2.41. The van der Waals surface area contributed by atoms with Gasteiger partial charge in [0.25, 0.3) is 0 Å². The number of aliphatic hydroxyl groups is 2. The molecule has 0 radical (unpaired) electrons. The summed E-state index contributed by atoms with van der Waals surface area (Å²) < 4.78 is 6.54. The Balaban J connectivity index is 1.66. The zero-order chi connectivity index (χ0) is 17.3. The van der Waals surface area contributed by atoms with E-state index in [1.165, 1.54) is 13.4 Å². The number of carbonyl (C=O) groups is 2. The topological polar surface area (TPSA) is 127 Å². The molecule has 132 valence electrons. The molecule has 0 saturated heterocycles. The van der Waals surface area contributed by atoms with Crippen LogP contribution in [0.2, 0.25) is 0 Å². The Labute approximate surface area is 139 Å². The van der Waals surface area contributed by atoms with Gasteiger partial charge in [-0.3, -0.25) is 14.3 Å². The molecule has 1 fully saturated rings. The SMILES string of the molecule is COC(=O)[C@@H]1C[C@@H](O)[C@@H](O)C[C@@H]1NC(=O)C1CCn2ncnc2C1. The Bertz CT molecular complexity index is 619. The Morgan fingerprint density at radius 3 is 2.83 bits per heavy atom. The van der Waals surface area contributed by atoms with Gasteiger partial charge in [0.1, 0.15) is 12.2 Å². The molecule has 1 aromatic heterocycles. The molecule has 1 unspecified atom stereocenters. The van der Waals surface area contributed by atoms with E-state index in [0.29, 0.717) is 19.4 Å². The third kappa shape index (κ3) is 3.27. The number of aromatic nitrogens is 3. The van der Waals surface area contributed by atoms with Crippen molar-refractivity contribution < 1.29 is 24.5 Å². The second-order valence-corrected chi connectivity index (χ2v) is 6.44. The van der Waals surface area contributed by atoms with Gasteiger partial charge in [-0.2, -0.15) is 5.10 Å². The number of ether oxygens (including phenoxy) is 1. The van der Waals surface area contributed by atoms with Crippen LogP contribution in [0.1, 0.15) is 25.1 Å². The summed E-state index contributed by atoms with van der Waals surface area (Å²) in [5.74, 6) is -0.806. The molecule has 5 atom stereocenters. The molecule has 1 saturated carbocycles. The first kappa shape index (κ1) is 16.8. The maximum atomic E-state index is 12.6. The second-order valence-electron chi connectivity index (χ2n) is 6.44. The van der Waals surface area contributed by atoms with E-state index in [1.54, 1.807) is 4.68 Å². The Morgan fingerprint density at radius 2 is 2.08 bits per heavy atom. The summed E-state index contributed by atoms with van der Waals surface area (Å²) in [5, 5.41) is 26.6. The predicted octanol–water partition coefficient (Wildman–Crippen LogP) is -1.37. The summed E-state index contributed by atoms with van der Waals surface area (Å²) >= 11 is 0. The van der Waals surface area contributed by atoms with Crippen molar-refractivity contribution in [2.45, 2.75) is 50.5 Å². The Hall–Kier alpha value is -2.00. The molecule has 3 rings (SSSR count). The fourth-order valence-electron chi connectivity index (χ4n) is 3.49. The van der Waals surface area contributed by atoms with Crippen LogP contribution in [0.3, 0.4) is 0 Å². The largest absolute Gasteiger partial charge is 0.469 e. The highest BCUT2D eigenvalue weighted by molar-refractivity contribution is 5.81. The third-order valence-electron chi connectivity index (χ3n) is 4.94. The van der Waals surface area contributed by atoms with E-state index >= 15 is 0 Å². The summed E-state index contributed by atoms with van der Waals surface area (Å²) in [7, 11) is 1.27. The monoisotopic (exact) mass is 338 g/mol. The number of rotatable bonds is 3. The summed E-state index contributed by atoms with van der Waals surface area (Å²) in [4.78, 5) is 28.6. The van der Waals surface area contributed by atoms with Crippen molar-refractivity contribution >= 4 is 11.9 Å². The highest BCUT2D eigenvalue weighted by atomic mass is 16.5. The Kier molecular flexibility index (Phi) is 4.81. The maximum Gasteiger partial charge on any atom is 0.310 e. The van der Waals surface area contributed by atoms with Crippen LogP contribution in [0.4, 0.5) is 0 Å². The van der Waals surface area contributed by atoms with Crippen LogP contribution >= 0.6 is 0 Å². The van der Waals surface area contributed by atoms with Crippen molar-refractivity contribution in [2.75, 3.05) is 7.11 Å². The van der Waals surface area contributed by atoms with Crippen LogP contribution in [0, 0.1) is 11.8 Å². The number of hydrogen-bond acceptors (Lipinski definition) is 7. The van der Waals surface area contributed by atoms with Gasteiger partial charge in [0.05, 0.1) is 25.2 Å². The molecule has 0 aromatic carbocycles. The predicted molar refractivity (Wildman–Crippen MR) is 80.5 cm³/mol. The van der Waals surface area contributed by atoms with Crippen LogP contribution in [0.25, 0.3) is 0 Å². The minimum atomic E-state index is -0.990. The quantitative estimate of drug-likeness (QED) is 0.580. The summed E-state index contributed by atoms with van der Waals surface area (Å²) in [5.41, 5.74) is 0. The van der Waals surface area contributed by atoms with Crippen LogP contribution < -0.4 is 5.32 Å². The number of nitrogens with zero attached hydrogens (tertiary/aromatic N) is 3. The first-order chi connectivity index (χ1) is 11.5. The van der Waals surface area contributed by atoms with E-state index in [4.69, 9.17) is 4.74 Å². The number of amides is 1. The van der Waals surface area contributed by atoms with Gasteiger partial charge in [-0.1, -0.05) is 0 Å². The van der Waals surface area contributed by atoms with E-state index in [-0.39, 0.29) is 24.7 Å². The van der Waals surface area contributed by atoms with Crippen molar-refractivity contribution in [1.82, 2.24) is 20.1 Å². The average molecular weight is 338 g/mol. The van der Waals surface area contributed by atoms with E-state index in [0.717, 1.165) is 5.82 Å². The molecule has 2 aliphatic rings. The lowest BCUT2D eigenvalue weighted by Gasteiger charge is -2.36. The van der Waals surface area contributed by atoms with E-state index < -0.39 is 30.1 Å². The van der Waals surface area contributed by atoms with Gasteiger partial charge >= 0.3 is 5.97 Å². The lowest BCUT2D eigenvalue weighted by molar-refractivity contribution is -0.152. The molecule has 9 nitrogen and oxygen atoms in total. The molecule has 24 heavy (non-hydrogen) atoms. The lowest BCUT2D eigenvalue weighted by Crippen LogP contribution is -2.54. The summed E-state index contributed by atoms with van der Waals surface area (Å²) in [6.07, 6.45) is 0.839. The van der Waals surface area contributed by atoms with Gasteiger partial charge < -0.3 is 20.3 Å². The number of aliphatic hydroxyl groups excluding tert-OH is 2. The second kappa shape index (κ2) is 6.86. The smallest absolute Gasteiger partial charge is 0.310 e. The molecule has 1 aliphatic carbocycles. The maximum absolute atomic E-state index is 12.6. The zero-order valence-electron chi connectivity index (χ0n) is 13.5. The van der Waals surface area contributed by atoms with Crippen molar-refractivity contribution in [2.24, 2.45) is 11.8 Å². The Morgan fingerprint density at radius 1 is 1.33 bits per heavy atom. The molecule has 0 spiro atoms. The molecule has 1 aliphatic heterocycles. The number of esters is 1. The van der Waals surface area contributed by atoms with Crippen molar-refractivity contribution in [1.29, 1.82) is 0 Å². The van der Waals surface area contributed by atoms with Gasteiger partial charge in [0.15, 0.2) is 0 Å². The number of carbonyl (C=O) groups excluding carboxylic acids is 2. The zero-order valence-corrected chi connectivity index (χ0v) is 13.5. The van der Waals surface area contributed by atoms with Crippen LogP contribution in [0.5, 0.6) is 0 Å². The van der Waals surface area contributed by atoms with Gasteiger partial charge in [0, 0.05) is 24.9 Å². The first-order valence-electron chi connectivity index (χ1n) is 8.10. The van der Waals surface area contributed by atoms with Gasteiger partial charge in [-0.25, -0.2) is 4.98 Å². The fraction of sp³-hybridized carbons (Fsp3) is 0.733. The minimum Gasteiger partial charge on any atom is -0.469 e. The van der Waals surface area contributed by atoms with Crippen LogP contribution in [0.15, 0.2) is 6.33 Å². The van der Waals surface area contributed by atoms with Gasteiger partial charge in [0.2, 0.25) is 5.91 Å². The fourth-order valence-corrected chi connectivity index (χ4v) is 3.49. The molecular weight excluding hydrogens is 316 g/mol. The molecule has 2 heterocycles. The van der Waals surface area contributed by atoms with E-state index in [1.807, 2.05) is 0 Å². The van der Waals surface area contributed by atoms with Gasteiger partial charge in [-0.05, 0) is 19.3 Å². The first-order valence-corrected chi connectivity index (χ1v) is 8.10. The number of aryl methyl sites for hydroxylation is 1. The summed E-state index contributed by atoms with van der Waals surface area (Å²) in [6, 6.07) is -0.553. The van der Waals surface area contributed by atoms with E-state index in [2.05, 4.69) is 15.4 Å². The minimum absolute atomic E-state index is 0.0672. The number of fused-ring (bicyclic) bond motifs is 1. The third-order valence-corrected chi connectivity index (χ3v) is 4.94. The molecular formula is C15H22N4O5. The van der Waals surface area contributed by atoms with Crippen LogP contribution in [-0.2, 0) is 27.3 Å². The molecule has 0 bridgehead atoms. The van der Waals surface area contributed by atoms with Gasteiger partial charge in [-0.15, -0.1) is 0 Å². The van der Waals surface area contributed by atoms with Crippen LogP contribution in [-0.4, -0.2) is 62.2 Å². The molecule has 1 aromatic rings. The number of hydrogen-bond donors (Lipinski definition) is 3. The van der Waals surface area contributed by atoms with Crippen molar-refractivity contribution in [3.05, 3.63) is 12.2 Å². The molecule has 1 amide bonds.